The average Bonchev–Trinajstić information content (AvgIpc) is 3.16. The van der Waals surface area contributed by atoms with E-state index in [2.05, 4.69) is 48.2 Å². The Labute approximate surface area is 167 Å². The maximum atomic E-state index is 12.4. The van der Waals surface area contributed by atoms with Gasteiger partial charge in [0.2, 0.25) is 0 Å². The van der Waals surface area contributed by atoms with Crippen molar-refractivity contribution in [1.29, 1.82) is 0 Å². The van der Waals surface area contributed by atoms with Crippen LogP contribution in [-0.4, -0.2) is 28.2 Å². The molecule has 1 saturated heterocycles. The van der Waals surface area contributed by atoms with E-state index in [1.807, 2.05) is 19.1 Å². The van der Waals surface area contributed by atoms with E-state index >= 15 is 0 Å². The van der Waals surface area contributed by atoms with Gasteiger partial charge in [-0.3, -0.25) is 9.69 Å². The zero-order valence-electron chi connectivity index (χ0n) is 14.6. The molecule has 6 heteroatoms. The Morgan fingerprint density at radius 1 is 1.00 bits per heavy atom. The van der Waals surface area contributed by atoms with Crippen molar-refractivity contribution >= 4 is 62.4 Å². The number of thioether (sulfide) groups is 2. The largest absolute Gasteiger partial charge is 0.335 e. The number of amides is 1. The van der Waals surface area contributed by atoms with Crippen LogP contribution in [0.1, 0.15) is 13.8 Å². The predicted molar refractivity (Wildman–Crippen MR) is 117 cm³/mol. The van der Waals surface area contributed by atoms with Gasteiger partial charge in [-0.15, -0.1) is 0 Å². The average molecular weight is 399 g/mol. The third kappa shape index (κ3) is 2.86. The Morgan fingerprint density at radius 3 is 2.50 bits per heavy atom. The monoisotopic (exact) mass is 398 g/mol. The fourth-order valence-electron chi connectivity index (χ4n) is 3.21. The summed E-state index contributed by atoms with van der Waals surface area (Å²) in [7, 11) is 0. The van der Waals surface area contributed by atoms with Crippen molar-refractivity contribution in [3.05, 3.63) is 58.5 Å². The number of hydrogen-bond donors (Lipinski definition) is 0. The Bertz CT molecular complexity index is 980. The second kappa shape index (κ2) is 7.10. The minimum Gasteiger partial charge on any atom is -0.335 e. The number of anilines is 1. The molecule has 2 aromatic rings. The van der Waals surface area contributed by atoms with Crippen molar-refractivity contribution < 1.29 is 4.79 Å². The zero-order valence-corrected chi connectivity index (χ0v) is 17.0. The van der Waals surface area contributed by atoms with Crippen molar-refractivity contribution in [2.24, 2.45) is 0 Å². The van der Waals surface area contributed by atoms with Gasteiger partial charge in [0.1, 0.15) is 4.32 Å². The summed E-state index contributed by atoms with van der Waals surface area (Å²) >= 11 is 8.44. The molecule has 2 heterocycles. The van der Waals surface area contributed by atoms with Crippen LogP contribution in [0.2, 0.25) is 0 Å². The Balaban J connectivity index is 1.71. The topological polar surface area (TPSA) is 23.6 Å². The number of nitrogens with zero attached hydrogens (tertiary/aromatic N) is 2. The Hall–Kier alpha value is -1.76. The molecule has 1 fully saturated rings. The van der Waals surface area contributed by atoms with Gasteiger partial charge in [-0.25, -0.2) is 0 Å². The molecule has 1 amide bonds. The highest BCUT2D eigenvalue weighted by Crippen LogP contribution is 2.49. The van der Waals surface area contributed by atoms with Crippen LogP contribution in [0, 0.1) is 0 Å². The SMILES string of the molecule is CCN1C(=O)/C(=C\C=C2/Sc3c(ccc4ccccc34)N2CC)SC1=S. The number of likely N-dealkylation sites (N-methyl/N-ethyl adjacent to an activating group) is 1. The van der Waals surface area contributed by atoms with E-state index in [1.165, 1.54) is 33.1 Å². The molecule has 0 aliphatic carbocycles. The summed E-state index contributed by atoms with van der Waals surface area (Å²) in [4.78, 5) is 18.3. The van der Waals surface area contributed by atoms with Gasteiger partial charge >= 0.3 is 0 Å². The molecular weight excluding hydrogens is 380 g/mol. The lowest BCUT2D eigenvalue weighted by Crippen LogP contribution is -2.27. The summed E-state index contributed by atoms with van der Waals surface area (Å²) in [5.41, 5.74) is 1.23. The van der Waals surface area contributed by atoms with Gasteiger partial charge in [-0.1, -0.05) is 66.1 Å². The molecule has 4 rings (SSSR count). The first-order valence-electron chi connectivity index (χ1n) is 8.56. The molecule has 2 aliphatic heterocycles. The minimum atomic E-state index is 0.00774. The lowest BCUT2D eigenvalue weighted by Gasteiger charge is -2.17. The molecule has 2 aromatic carbocycles. The lowest BCUT2D eigenvalue weighted by atomic mass is 10.1. The summed E-state index contributed by atoms with van der Waals surface area (Å²) in [6.45, 7) is 5.59. The number of carbonyl (C=O) groups is 1. The van der Waals surface area contributed by atoms with E-state index in [1.54, 1.807) is 16.7 Å². The molecule has 0 radical (unpaired) electrons. The van der Waals surface area contributed by atoms with Crippen LogP contribution in [0.25, 0.3) is 10.8 Å². The molecular formula is C20H18N2OS3. The Kier molecular flexibility index (Phi) is 4.82. The number of fused-ring (bicyclic) bond motifs is 3. The van der Waals surface area contributed by atoms with Crippen molar-refractivity contribution in [1.82, 2.24) is 4.90 Å². The Morgan fingerprint density at radius 2 is 1.77 bits per heavy atom. The molecule has 0 aromatic heterocycles. The molecule has 2 aliphatic rings. The van der Waals surface area contributed by atoms with Crippen molar-refractivity contribution in [2.75, 3.05) is 18.0 Å². The normalized spacial score (nSPS) is 20.1. The lowest BCUT2D eigenvalue weighted by molar-refractivity contribution is -0.122. The van der Waals surface area contributed by atoms with Gasteiger partial charge in [0, 0.05) is 18.0 Å². The van der Waals surface area contributed by atoms with Gasteiger partial charge in [-0.05, 0) is 42.8 Å². The number of thiocarbonyl (C=S) groups is 1. The number of hydrogen-bond acceptors (Lipinski definition) is 5. The summed E-state index contributed by atoms with van der Waals surface area (Å²) < 4.78 is 0.642. The fourth-order valence-corrected chi connectivity index (χ4v) is 5.80. The molecule has 0 N–H and O–H groups in total. The molecule has 3 nitrogen and oxygen atoms in total. The smallest absolute Gasteiger partial charge is 0.266 e. The molecule has 0 atom stereocenters. The molecule has 0 spiro atoms. The number of benzene rings is 2. The molecule has 0 unspecified atom stereocenters. The van der Waals surface area contributed by atoms with Crippen molar-refractivity contribution in [3.8, 4) is 0 Å². The van der Waals surface area contributed by atoms with Crippen LogP contribution >= 0.6 is 35.7 Å². The number of carbonyl (C=O) groups excluding carboxylic acids is 1. The summed E-state index contributed by atoms with van der Waals surface area (Å²) in [5, 5.41) is 3.66. The first-order valence-corrected chi connectivity index (χ1v) is 10.6. The summed E-state index contributed by atoms with van der Waals surface area (Å²) in [5.74, 6) is 0.00774. The van der Waals surface area contributed by atoms with Gasteiger partial charge in [-0.2, -0.15) is 0 Å². The van der Waals surface area contributed by atoms with Crippen molar-refractivity contribution in [3.63, 3.8) is 0 Å². The summed E-state index contributed by atoms with van der Waals surface area (Å²) in [6.07, 6.45) is 3.96. The van der Waals surface area contributed by atoms with Crippen LogP contribution in [0.4, 0.5) is 5.69 Å². The quantitative estimate of drug-likeness (QED) is 0.510. The second-order valence-electron chi connectivity index (χ2n) is 5.93. The van der Waals surface area contributed by atoms with E-state index < -0.39 is 0 Å². The van der Waals surface area contributed by atoms with E-state index in [0.717, 1.165) is 11.6 Å². The van der Waals surface area contributed by atoms with E-state index in [-0.39, 0.29) is 5.91 Å². The zero-order chi connectivity index (χ0) is 18.3. The van der Waals surface area contributed by atoms with Crippen LogP contribution < -0.4 is 4.90 Å². The number of allylic oxidation sites excluding steroid dienone is 2. The van der Waals surface area contributed by atoms with E-state index in [4.69, 9.17) is 12.2 Å². The maximum Gasteiger partial charge on any atom is 0.266 e. The van der Waals surface area contributed by atoms with E-state index in [0.29, 0.717) is 15.8 Å². The molecule has 26 heavy (non-hydrogen) atoms. The first kappa shape index (κ1) is 17.6. The highest BCUT2D eigenvalue weighted by Gasteiger charge is 2.31. The van der Waals surface area contributed by atoms with Crippen LogP contribution in [0.15, 0.2) is 63.4 Å². The third-order valence-electron chi connectivity index (χ3n) is 4.51. The van der Waals surface area contributed by atoms with E-state index in [9.17, 15) is 4.79 Å². The molecule has 132 valence electrons. The molecule has 0 saturated carbocycles. The standard InChI is InChI=1S/C20H18N2OS3/c1-3-21-15-10-9-13-7-5-6-8-14(13)18(15)26-17(21)12-11-16-19(23)22(4-2)20(24)25-16/h5-12H,3-4H2,1-2H3/b16-11+,17-12-. The van der Waals surface area contributed by atoms with Gasteiger partial charge in [0.25, 0.3) is 5.91 Å². The summed E-state index contributed by atoms with van der Waals surface area (Å²) in [6, 6.07) is 12.8. The number of rotatable bonds is 3. The van der Waals surface area contributed by atoms with Crippen LogP contribution in [0.3, 0.4) is 0 Å². The highest BCUT2D eigenvalue weighted by molar-refractivity contribution is 8.26. The van der Waals surface area contributed by atoms with Gasteiger partial charge in [0.05, 0.1) is 15.6 Å². The maximum absolute atomic E-state index is 12.4. The fraction of sp³-hybridized carbons (Fsp3) is 0.200. The first-order chi connectivity index (χ1) is 12.6. The van der Waals surface area contributed by atoms with Crippen molar-refractivity contribution in [2.45, 2.75) is 18.7 Å². The highest BCUT2D eigenvalue weighted by atomic mass is 32.2. The van der Waals surface area contributed by atoms with Gasteiger partial charge in [0.15, 0.2) is 0 Å². The minimum absolute atomic E-state index is 0.00774. The third-order valence-corrected chi connectivity index (χ3v) is 7.10. The van der Waals surface area contributed by atoms with Crippen LogP contribution in [0.5, 0.6) is 0 Å². The molecule has 0 bridgehead atoms. The van der Waals surface area contributed by atoms with Crippen LogP contribution in [-0.2, 0) is 4.79 Å². The second-order valence-corrected chi connectivity index (χ2v) is 8.64. The predicted octanol–water partition coefficient (Wildman–Crippen LogP) is 5.38. The van der Waals surface area contributed by atoms with Gasteiger partial charge < -0.3 is 4.90 Å².